The average molecular weight is 443 g/mol. The Kier molecular flexibility index (Phi) is 7.40. The molecule has 0 aromatic heterocycles. The summed E-state index contributed by atoms with van der Waals surface area (Å²) in [6, 6.07) is 26.0. The van der Waals surface area contributed by atoms with Crippen LogP contribution in [-0.2, 0) is 22.4 Å². The van der Waals surface area contributed by atoms with Crippen LogP contribution in [0.4, 0.5) is 0 Å². The van der Waals surface area contributed by atoms with Gasteiger partial charge in [-0.05, 0) is 47.7 Å². The van der Waals surface area contributed by atoms with E-state index >= 15 is 0 Å². The number of nitrogens with zero attached hydrogens (tertiary/aromatic N) is 1. The van der Waals surface area contributed by atoms with Crippen molar-refractivity contribution in [2.24, 2.45) is 5.92 Å². The Morgan fingerprint density at radius 3 is 2.48 bits per heavy atom. The SMILES string of the molecule is CCOc1ccc(CC(=O)N2CCNC(=O)[C@@H](Cc3ccccc3-c3ccccc3)C2)cc1. The first-order valence-corrected chi connectivity index (χ1v) is 11.5. The highest BCUT2D eigenvalue weighted by Gasteiger charge is 2.28. The van der Waals surface area contributed by atoms with Crippen molar-refractivity contribution < 1.29 is 14.3 Å². The highest BCUT2D eigenvalue weighted by Crippen LogP contribution is 2.26. The molecule has 1 fully saturated rings. The monoisotopic (exact) mass is 442 g/mol. The molecule has 1 aliphatic rings. The van der Waals surface area contributed by atoms with Gasteiger partial charge >= 0.3 is 0 Å². The standard InChI is InChI=1S/C28H30N2O3/c1-2-33-25-14-12-21(13-15-25)18-27(31)30-17-16-29-28(32)24(20-30)19-23-10-6-7-11-26(23)22-8-4-3-5-9-22/h3-15,24H,2,16-20H2,1H3,(H,29,32)/t24-/m0/s1. The fourth-order valence-electron chi connectivity index (χ4n) is 4.30. The zero-order valence-electron chi connectivity index (χ0n) is 19.0. The summed E-state index contributed by atoms with van der Waals surface area (Å²) in [6.45, 7) is 3.98. The van der Waals surface area contributed by atoms with Gasteiger partial charge in [-0.2, -0.15) is 0 Å². The molecular weight excluding hydrogens is 412 g/mol. The van der Waals surface area contributed by atoms with Crippen LogP contribution in [0.5, 0.6) is 5.75 Å². The van der Waals surface area contributed by atoms with Crippen LogP contribution < -0.4 is 10.1 Å². The largest absolute Gasteiger partial charge is 0.494 e. The van der Waals surface area contributed by atoms with Gasteiger partial charge in [0.2, 0.25) is 11.8 Å². The van der Waals surface area contributed by atoms with Gasteiger partial charge in [-0.25, -0.2) is 0 Å². The second-order valence-electron chi connectivity index (χ2n) is 8.31. The molecule has 0 unspecified atom stereocenters. The summed E-state index contributed by atoms with van der Waals surface area (Å²) < 4.78 is 5.48. The molecule has 0 aliphatic carbocycles. The number of benzene rings is 3. The van der Waals surface area contributed by atoms with Crippen molar-refractivity contribution in [2.75, 3.05) is 26.2 Å². The Labute approximate surface area is 195 Å². The van der Waals surface area contributed by atoms with E-state index in [4.69, 9.17) is 4.74 Å². The van der Waals surface area contributed by atoms with E-state index in [1.54, 1.807) is 0 Å². The third-order valence-electron chi connectivity index (χ3n) is 6.00. The van der Waals surface area contributed by atoms with Crippen LogP contribution in [0.3, 0.4) is 0 Å². The molecule has 1 aliphatic heterocycles. The van der Waals surface area contributed by atoms with E-state index < -0.39 is 0 Å². The number of nitrogens with one attached hydrogen (secondary N) is 1. The third kappa shape index (κ3) is 5.80. The Morgan fingerprint density at radius 1 is 1.00 bits per heavy atom. The molecule has 1 N–H and O–H groups in total. The molecule has 3 aromatic rings. The Balaban J connectivity index is 1.47. The average Bonchev–Trinajstić information content (AvgIpc) is 3.03. The van der Waals surface area contributed by atoms with Gasteiger partial charge in [0, 0.05) is 19.6 Å². The predicted octanol–water partition coefficient (Wildman–Crippen LogP) is 4.11. The van der Waals surface area contributed by atoms with Gasteiger partial charge in [-0.1, -0.05) is 66.7 Å². The summed E-state index contributed by atoms with van der Waals surface area (Å²) in [5, 5.41) is 2.99. The first-order valence-electron chi connectivity index (χ1n) is 11.5. The Bertz CT molecular complexity index is 1080. The minimum Gasteiger partial charge on any atom is -0.494 e. The molecule has 5 nitrogen and oxygen atoms in total. The number of carbonyl (C=O) groups excluding carboxylic acids is 2. The number of rotatable bonds is 7. The summed E-state index contributed by atoms with van der Waals surface area (Å²) in [5.74, 6) is 0.559. The van der Waals surface area contributed by atoms with Crippen LogP contribution in [0.1, 0.15) is 18.1 Å². The Hall–Kier alpha value is -3.60. The van der Waals surface area contributed by atoms with Gasteiger partial charge in [-0.15, -0.1) is 0 Å². The molecule has 1 heterocycles. The molecule has 0 saturated carbocycles. The highest BCUT2D eigenvalue weighted by atomic mass is 16.5. The zero-order chi connectivity index (χ0) is 23.0. The molecule has 0 spiro atoms. The van der Waals surface area contributed by atoms with Crippen molar-refractivity contribution in [3.05, 3.63) is 90.0 Å². The van der Waals surface area contributed by atoms with Crippen molar-refractivity contribution in [1.82, 2.24) is 10.2 Å². The molecule has 0 bridgehead atoms. The fourth-order valence-corrected chi connectivity index (χ4v) is 4.30. The van der Waals surface area contributed by atoms with E-state index in [9.17, 15) is 9.59 Å². The maximum absolute atomic E-state index is 13.1. The molecule has 5 heteroatoms. The van der Waals surface area contributed by atoms with Crippen LogP contribution >= 0.6 is 0 Å². The zero-order valence-corrected chi connectivity index (χ0v) is 19.0. The van der Waals surface area contributed by atoms with E-state index in [-0.39, 0.29) is 17.7 Å². The number of amides is 2. The number of ether oxygens (including phenoxy) is 1. The molecule has 170 valence electrons. The second-order valence-corrected chi connectivity index (χ2v) is 8.31. The summed E-state index contributed by atoms with van der Waals surface area (Å²) in [6.07, 6.45) is 0.900. The van der Waals surface area contributed by atoms with Gasteiger partial charge in [0.15, 0.2) is 0 Å². The van der Waals surface area contributed by atoms with Crippen molar-refractivity contribution in [3.8, 4) is 16.9 Å². The maximum Gasteiger partial charge on any atom is 0.227 e. The Morgan fingerprint density at radius 2 is 1.73 bits per heavy atom. The lowest BCUT2D eigenvalue weighted by molar-refractivity contribution is -0.131. The summed E-state index contributed by atoms with van der Waals surface area (Å²) in [4.78, 5) is 27.7. The lowest BCUT2D eigenvalue weighted by Crippen LogP contribution is -2.38. The van der Waals surface area contributed by atoms with E-state index in [1.807, 2.05) is 66.4 Å². The lowest BCUT2D eigenvalue weighted by atomic mass is 9.91. The number of carbonyl (C=O) groups is 2. The minimum atomic E-state index is -0.290. The molecule has 33 heavy (non-hydrogen) atoms. The molecule has 2 amide bonds. The van der Waals surface area contributed by atoms with Gasteiger partial charge < -0.3 is 15.0 Å². The quantitative estimate of drug-likeness (QED) is 0.599. The first-order chi connectivity index (χ1) is 16.1. The van der Waals surface area contributed by atoms with Crippen LogP contribution in [0.15, 0.2) is 78.9 Å². The van der Waals surface area contributed by atoms with Crippen molar-refractivity contribution in [2.45, 2.75) is 19.8 Å². The van der Waals surface area contributed by atoms with E-state index in [1.165, 1.54) is 0 Å². The van der Waals surface area contributed by atoms with Crippen LogP contribution in [0.25, 0.3) is 11.1 Å². The van der Waals surface area contributed by atoms with Gasteiger partial charge in [0.1, 0.15) is 5.75 Å². The van der Waals surface area contributed by atoms with Crippen LogP contribution in [0, 0.1) is 5.92 Å². The molecule has 0 radical (unpaired) electrons. The van der Waals surface area contributed by atoms with E-state index in [0.29, 0.717) is 39.1 Å². The van der Waals surface area contributed by atoms with Crippen LogP contribution in [-0.4, -0.2) is 43.0 Å². The van der Waals surface area contributed by atoms with Gasteiger partial charge in [0.05, 0.1) is 18.9 Å². The highest BCUT2D eigenvalue weighted by molar-refractivity contribution is 5.83. The number of hydrogen-bond acceptors (Lipinski definition) is 3. The smallest absolute Gasteiger partial charge is 0.227 e. The molecule has 3 aromatic carbocycles. The number of hydrogen-bond donors (Lipinski definition) is 1. The summed E-state index contributed by atoms with van der Waals surface area (Å²) in [5.41, 5.74) is 4.32. The summed E-state index contributed by atoms with van der Waals surface area (Å²) in [7, 11) is 0. The topological polar surface area (TPSA) is 58.6 Å². The van der Waals surface area contributed by atoms with Gasteiger partial charge in [-0.3, -0.25) is 9.59 Å². The second kappa shape index (κ2) is 10.8. The van der Waals surface area contributed by atoms with Gasteiger partial charge in [0.25, 0.3) is 0 Å². The minimum absolute atomic E-state index is 0.00855. The molecular formula is C28H30N2O3. The van der Waals surface area contributed by atoms with Crippen molar-refractivity contribution in [1.29, 1.82) is 0 Å². The molecule has 1 atom stereocenters. The summed E-state index contributed by atoms with van der Waals surface area (Å²) >= 11 is 0. The van der Waals surface area contributed by atoms with Crippen molar-refractivity contribution >= 4 is 11.8 Å². The van der Waals surface area contributed by atoms with Crippen molar-refractivity contribution in [3.63, 3.8) is 0 Å². The first kappa shape index (κ1) is 22.6. The fraction of sp³-hybridized carbons (Fsp3) is 0.286. The van der Waals surface area contributed by atoms with Crippen LogP contribution in [0.2, 0.25) is 0 Å². The van der Waals surface area contributed by atoms with E-state index in [2.05, 4.69) is 29.6 Å². The lowest BCUT2D eigenvalue weighted by Gasteiger charge is -2.24. The van der Waals surface area contributed by atoms with E-state index in [0.717, 1.165) is 28.0 Å². The molecule has 4 rings (SSSR count). The maximum atomic E-state index is 13.1. The third-order valence-corrected chi connectivity index (χ3v) is 6.00. The predicted molar refractivity (Wildman–Crippen MR) is 130 cm³/mol. The normalized spacial score (nSPS) is 16.1. The molecule has 1 saturated heterocycles.